The highest BCUT2D eigenvalue weighted by Gasteiger charge is 2.48. The van der Waals surface area contributed by atoms with Crippen LogP contribution >= 0.6 is 0 Å². The molecule has 1 nitrogen and oxygen atoms in total. The van der Waals surface area contributed by atoms with Gasteiger partial charge in [-0.25, -0.2) is 0 Å². The summed E-state index contributed by atoms with van der Waals surface area (Å²) < 4.78 is 0. The first-order valence-electron chi connectivity index (χ1n) is 6.91. The van der Waals surface area contributed by atoms with E-state index in [2.05, 4.69) is 52.8 Å². The van der Waals surface area contributed by atoms with Crippen LogP contribution in [0.5, 0.6) is 0 Å². The lowest BCUT2D eigenvalue weighted by Crippen LogP contribution is -2.59. The number of hydrogen-bond donors (Lipinski definition) is 1. The lowest BCUT2D eigenvalue weighted by Gasteiger charge is -2.51. The van der Waals surface area contributed by atoms with E-state index in [1.807, 2.05) is 6.08 Å². The van der Waals surface area contributed by atoms with E-state index in [9.17, 15) is 0 Å². The molecule has 0 aromatic carbocycles. The summed E-state index contributed by atoms with van der Waals surface area (Å²) in [7, 11) is 0. The summed E-state index contributed by atoms with van der Waals surface area (Å²) in [5.41, 5.74) is 6.58. The third kappa shape index (κ3) is 2.49. The molecule has 17 heavy (non-hydrogen) atoms. The van der Waals surface area contributed by atoms with E-state index in [0.717, 1.165) is 6.42 Å². The van der Waals surface area contributed by atoms with Gasteiger partial charge in [-0.05, 0) is 31.3 Å². The second-order valence-electron chi connectivity index (χ2n) is 6.07. The summed E-state index contributed by atoms with van der Waals surface area (Å²) in [4.78, 5) is 0. The molecule has 2 N–H and O–H groups in total. The van der Waals surface area contributed by atoms with E-state index < -0.39 is 0 Å². The molecule has 1 heteroatoms. The fraction of sp³-hybridized carbons (Fsp3) is 0.750. The zero-order valence-corrected chi connectivity index (χ0v) is 12.1. The number of nitrogens with two attached hydrogens (primary N) is 1. The molecule has 0 heterocycles. The highest BCUT2D eigenvalue weighted by Crippen LogP contribution is 2.48. The smallest absolute Gasteiger partial charge is 0.0246 e. The molecule has 3 atom stereocenters. The minimum absolute atomic E-state index is 0.0614. The first kappa shape index (κ1) is 14.5. The van der Waals surface area contributed by atoms with Crippen LogP contribution in [0.1, 0.15) is 53.9 Å². The van der Waals surface area contributed by atoms with Gasteiger partial charge in [0.15, 0.2) is 0 Å². The summed E-state index contributed by atoms with van der Waals surface area (Å²) in [5, 5.41) is 0. The van der Waals surface area contributed by atoms with Crippen LogP contribution in [0.25, 0.3) is 0 Å². The van der Waals surface area contributed by atoms with Crippen LogP contribution in [0, 0.1) is 23.3 Å². The molecule has 1 radical (unpaired) electrons. The first-order chi connectivity index (χ1) is 7.88. The van der Waals surface area contributed by atoms with Crippen LogP contribution in [-0.2, 0) is 0 Å². The Morgan fingerprint density at radius 3 is 2.47 bits per heavy atom. The molecule has 0 saturated carbocycles. The maximum atomic E-state index is 6.70. The summed E-state index contributed by atoms with van der Waals surface area (Å²) in [6.45, 7) is 11.3. The molecule has 0 bridgehead atoms. The fourth-order valence-corrected chi connectivity index (χ4v) is 3.04. The van der Waals surface area contributed by atoms with Crippen molar-refractivity contribution in [1.29, 1.82) is 0 Å². The second kappa shape index (κ2) is 5.39. The third-order valence-corrected chi connectivity index (χ3v) is 4.81. The van der Waals surface area contributed by atoms with Gasteiger partial charge in [-0.2, -0.15) is 0 Å². The Balaban J connectivity index is 3.11. The van der Waals surface area contributed by atoms with Crippen molar-refractivity contribution in [2.45, 2.75) is 59.4 Å². The van der Waals surface area contributed by atoms with Crippen LogP contribution in [0.3, 0.4) is 0 Å². The molecular weight excluding hydrogens is 206 g/mol. The number of allylic oxidation sites excluding steroid dienone is 3. The molecule has 0 aromatic rings. The Morgan fingerprint density at radius 1 is 1.41 bits per heavy atom. The number of rotatable bonds is 5. The molecule has 1 aliphatic rings. The average Bonchev–Trinajstić information content (AvgIpc) is 2.29. The molecular formula is C16H28N. The molecule has 0 aliphatic heterocycles. The van der Waals surface area contributed by atoms with Crippen LogP contribution in [0.4, 0.5) is 0 Å². The van der Waals surface area contributed by atoms with Gasteiger partial charge in [0.25, 0.3) is 0 Å². The van der Waals surface area contributed by atoms with Crippen LogP contribution in [-0.4, -0.2) is 5.54 Å². The normalized spacial score (nSPS) is 29.4. The lowest BCUT2D eigenvalue weighted by atomic mass is 9.56. The standard InChI is InChI=1S/C16H28N/c1-6-10-14(4)16(11-8-7-9-12-16)15(5,17)13(2)3/h7-8,11,13-14H,6,10,12,17H2,1-5H3. The van der Waals surface area contributed by atoms with Crippen molar-refractivity contribution in [3.63, 3.8) is 0 Å². The zero-order valence-electron chi connectivity index (χ0n) is 12.1. The molecule has 97 valence electrons. The topological polar surface area (TPSA) is 26.0 Å². The largest absolute Gasteiger partial charge is 0.324 e. The molecule has 3 unspecified atom stereocenters. The number of hydrogen-bond acceptors (Lipinski definition) is 1. The maximum absolute atomic E-state index is 6.70. The van der Waals surface area contributed by atoms with E-state index in [1.165, 1.54) is 12.8 Å². The molecule has 0 spiro atoms. The highest BCUT2D eigenvalue weighted by molar-refractivity contribution is 5.22. The SMILES string of the molecule is CCCC(C)C1(C(C)(N)C(C)C)C=CC=[C]C1. The molecule has 1 rings (SSSR count). The monoisotopic (exact) mass is 234 g/mol. The summed E-state index contributed by atoms with van der Waals surface area (Å²) in [6.07, 6.45) is 13.3. The van der Waals surface area contributed by atoms with Crippen molar-refractivity contribution in [2.24, 2.45) is 23.0 Å². The van der Waals surface area contributed by atoms with E-state index in [-0.39, 0.29) is 11.0 Å². The van der Waals surface area contributed by atoms with E-state index in [0.29, 0.717) is 11.8 Å². The van der Waals surface area contributed by atoms with Crippen molar-refractivity contribution >= 4 is 0 Å². The molecule has 0 saturated heterocycles. The van der Waals surface area contributed by atoms with E-state index >= 15 is 0 Å². The van der Waals surface area contributed by atoms with Gasteiger partial charge in [0, 0.05) is 11.0 Å². The Kier molecular flexibility index (Phi) is 4.60. The predicted molar refractivity (Wildman–Crippen MR) is 75.5 cm³/mol. The molecule has 0 fully saturated rings. The van der Waals surface area contributed by atoms with Crippen molar-refractivity contribution in [3.05, 3.63) is 24.3 Å². The van der Waals surface area contributed by atoms with Gasteiger partial charge in [-0.1, -0.05) is 58.8 Å². The highest BCUT2D eigenvalue weighted by atomic mass is 14.8. The van der Waals surface area contributed by atoms with E-state index in [4.69, 9.17) is 5.73 Å². The summed E-state index contributed by atoms with van der Waals surface area (Å²) >= 11 is 0. The van der Waals surface area contributed by atoms with Gasteiger partial charge < -0.3 is 5.73 Å². The predicted octanol–water partition coefficient (Wildman–Crippen LogP) is 4.10. The molecule has 1 aliphatic carbocycles. The summed E-state index contributed by atoms with van der Waals surface area (Å²) in [5.74, 6) is 1.06. The maximum Gasteiger partial charge on any atom is 0.0246 e. The van der Waals surface area contributed by atoms with Gasteiger partial charge in [-0.3, -0.25) is 0 Å². The van der Waals surface area contributed by atoms with Crippen molar-refractivity contribution in [3.8, 4) is 0 Å². The van der Waals surface area contributed by atoms with Crippen molar-refractivity contribution in [2.75, 3.05) is 0 Å². The van der Waals surface area contributed by atoms with Crippen LogP contribution in [0.2, 0.25) is 0 Å². The van der Waals surface area contributed by atoms with Gasteiger partial charge in [0.05, 0.1) is 0 Å². The van der Waals surface area contributed by atoms with Crippen molar-refractivity contribution < 1.29 is 0 Å². The van der Waals surface area contributed by atoms with Crippen LogP contribution in [0.15, 0.2) is 18.2 Å². The summed E-state index contributed by atoms with van der Waals surface area (Å²) in [6, 6.07) is 0. The quantitative estimate of drug-likeness (QED) is 0.761. The van der Waals surface area contributed by atoms with Gasteiger partial charge in [-0.15, -0.1) is 0 Å². The van der Waals surface area contributed by atoms with Crippen LogP contribution < -0.4 is 5.73 Å². The minimum Gasteiger partial charge on any atom is -0.324 e. The molecule has 0 aromatic heterocycles. The lowest BCUT2D eigenvalue weighted by molar-refractivity contribution is 0.0738. The Labute approximate surface area is 107 Å². The fourth-order valence-electron chi connectivity index (χ4n) is 3.04. The average molecular weight is 234 g/mol. The Bertz CT molecular complexity index is 299. The molecule has 0 amide bonds. The van der Waals surface area contributed by atoms with Gasteiger partial charge in [0.1, 0.15) is 0 Å². The third-order valence-electron chi connectivity index (χ3n) is 4.81. The first-order valence-corrected chi connectivity index (χ1v) is 6.91. The second-order valence-corrected chi connectivity index (χ2v) is 6.07. The van der Waals surface area contributed by atoms with Gasteiger partial charge >= 0.3 is 0 Å². The minimum atomic E-state index is -0.181. The zero-order chi connectivity index (χ0) is 13.1. The Hall–Kier alpha value is -0.560. The van der Waals surface area contributed by atoms with E-state index in [1.54, 1.807) is 0 Å². The van der Waals surface area contributed by atoms with Gasteiger partial charge in [0.2, 0.25) is 0 Å². The van der Waals surface area contributed by atoms with Crippen molar-refractivity contribution in [1.82, 2.24) is 0 Å². The Morgan fingerprint density at radius 2 is 2.06 bits per heavy atom.